The van der Waals surface area contributed by atoms with Crippen molar-refractivity contribution in [3.8, 4) is 0 Å². The van der Waals surface area contributed by atoms with Crippen LogP contribution in [0.25, 0.3) is 0 Å². The Labute approximate surface area is 79.7 Å². The molecular formula is C9H20O4. The van der Waals surface area contributed by atoms with E-state index in [1.165, 1.54) is 0 Å². The lowest BCUT2D eigenvalue weighted by Crippen LogP contribution is -2.26. The summed E-state index contributed by atoms with van der Waals surface area (Å²) in [4.78, 5) is 9.79. The highest BCUT2D eigenvalue weighted by molar-refractivity contribution is 4.55. The number of ether oxygens (including phenoxy) is 1. The maximum atomic E-state index is 9.25. The molecule has 0 spiro atoms. The number of aliphatic hydroxyl groups is 1. The molecule has 0 radical (unpaired) electrons. The van der Waals surface area contributed by atoms with Gasteiger partial charge in [-0.2, -0.15) is 0 Å². The molecule has 0 bridgehead atoms. The van der Waals surface area contributed by atoms with Crippen LogP contribution in [0.3, 0.4) is 0 Å². The zero-order valence-corrected chi connectivity index (χ0v) is 8.87. The van der Waals surface area contributed by atoms with Gasteiger partial charge in [0.05, 0.1) is 12.2 Å². The van der Waals surface area contributed by atoms with Crippen LogP contribution in [0.1, 0.15) is 27.7 Å². The molecule has 0 aromatic carbocycles. The van der Waals surface area contributed by atoms with Gasteiger partial charge >= 0.3 is 0 Å². The van der Waals surface area contributed by atoms with Crippen LogP contribution in [-0.4, -0.2) is 36.6 Å². The van der Waals surface area contributed by atoms with E-state index in [-0.39, 0.29) is 18.8 Å². The zero-order chi connectivity index (χ0) is 10.3. The summed E-state index contributed by atoms with van der Waals surface area (Å²) in [5.41, 5.74) is -0.342. The van der Waals surface area contributed by atoms with Crippen LogP contribution >= 0.6 is 0 Å². The topological polar surface area (TPSA) is 47.9 Å². The monoisotopic (exact) mass is 192 g/mol. The van der Waals surface area contributed by atoms with Crippen LogP contribution in [0.4, 0.5) is 0 Å². The van der Waals surface area contributed by atoms with Gasteiger partial charge in [0, 0.05) is 6.61 Å². The SMILES string of the molecule is CCOCC(O)COOC(C)(C)C. The lowest BCUT2D eigenvalue weighted by atomic mass is 10.2. The van der Waals surface area contributed by atoms with Crippen molar-refractivity contribution >= 4 is 0 Å². The van der Waals surface area contributed by atoms with E-state index in [0.29, 0.717) is 6.61 Å². The number of rotatable bonds is 6. The van der Waals surface area contributed by atoms with Crippen LogP contribution < -0.4 is 0 Å². The summed E-state index contributed by atoms with van der Waals surface area (Å²) in [6.07, 6.45) is -0.623. The molecule has 0 rings (SSSR count). The summed E-state index contributed by atoms with van der Waals surface area (Å²) < 4.78 is 4.99. The molecule has 0 amide bonds. The average Bonchev–Trinajstić information content (AvgIpc) is 1.98. The summed E-state index contributed by atoms with van der Waals surface area (Å²) in [5.74, 6) is 0. The first-order chi connectivity index (χ1) is 5.95. The molecule has 4 nitrogen and oxygen atoms in total. The van der Waals surface area contributed by atoms with Gasteiger partial charge in [-0.05, 0) is 27.7 Å². The van der Waals surface area contributed by atoms with Gasteiger partial charge in [0.15, 0.2) is 0 Å². The molecule has 4 heteroatoms. The zero-order valence-electron chi connectivity index (χ0n) is 8.87. The fourth-order valence-electron chi connectivity index (χ4n) is 0.591. The normalized spacial score (nSPS) is 14.5. The molecule has 0 heterocycles. The molecule has 0 aromatic heterocycles. The van der Waals surface area contributed by atoms with Crippen molar-refractivity contribution in [1.82, 2.24) is 0 Å². The Morgan fingerprint density at radius 2 is 1.85 bits per heavy atom. The summed E-state index contributed by atoms with van der Waals surface area (Å²) in [5, 5.41) is 9.25. The Morgan fingerprint density at radius 1 is 1.23 bits per heavy atom. The van der Waals surface area contributed by atoms with E-state index in [2.05, 4.69) is 0 Å². The Bertz CT molecular complexity index is 119. The van der Waals surface area contributed by atoms with E-state index in [9.17, 15) is 5.11 Å². The number of hydrogen-bond donors (Lipinski definition) is 1. The fraction of sp³-hybridized carbons (Fsp3) is 1.00. The fourth-order valence-corrected chi connectivity index (χ4v) is 0.591. The van der Waals surface area contributed by atoms with Crippen LogP contribution in [0, 0.1) is 0 Å². The summed E-state index contributed by atoms with van der Waals surface area (Å²) in [6.45, 7) is 8.52. The molecule has 0 aliphatic rings. The molecule has 0 aliphatic carbocycles. The van der Waals surface area contributed by atoms with Crippen molar-refractivity contribution in [3.05, 3.63) is 0 Å². The van der Waals surface area contributed by atoms with E-state index >= 15 is 0 Å². The van der Waals surface area contributed by atoms with Gasteiger partial charge in [-0.15, -0.1) is 0 Å². The Morgan fingerprint density at radius 3 is 2.31 bits per heavy atom. The first-order valence-corrected chi connectivity index (χ1v) is 4.52. The van der Waals surface area contributed by atoms with Gasteiger partial charge in [-0.3, -0.25) is 0 Å². The quantitative estimate of drug-likeness (QED) is 0.506. The lowest BCUT2D eigenvalue weighted by molar-refractivity contribution is -0.357. The minimum absolute atomic E-state index is 0.136. The molecule has 1 unspecified atom stereocenters. The molecule has 0 saturated heterocycles. The van der Waals surface area contributed by atoms with E-state index < -0.39 is 6.10 Å². The van der Waals surface area contributed by atoms with Crippen molar-refractivity contribution in [1.29, 1.82) is 0 Å². The van der Waals surface area contributed by atoms with Gasteiger partial charge in [0.2, 0.25) is 0 Å². The first-order valence-electron chi connectivity index (χ1n) is 4.52. The van der Waals surface area contributed by atoms with Crippen molar-refractivity contribution in [2.24, 2.45) is 0 Å². The molecule has 1 N–H and O–H groups in total. The largest absolute Gasteiger partial charge is 0.388 e. The van der Waals surface area contributed by atoms with E-state index in [1.807, 2.05) is 27.7 Å². The van der Waals surface area contributed by atoms with E-state index in [4.69, 9.17) is 14.5 Å². The highest BCUT2D eigenvalue weighted by atomic mass is 17.2. The van der Waals surface area contributed by atoms with E-state index in [0.717, 1.165) is 0 Å². The standard InChI is InChI=1S/C9H20O4/c1-5-11-6-8(10)7-12-13-9(2,3)4/h8,10H,5-7H2,1-4H3. The van der Waals surface area contributed by atoms with Crippen molar-refractivity contribution in [2.75, 3.05) is 19.8 Å². The molecule has 13 heavy (non-hydrogen) atoms. The van der Waals surface area contributed by atoms with Crippen LogP contribution in [0.5, 0.6) is 0 Å². The Balaban J connectivity index is 3.31. The summed E-state index contributed by atoms with van der Waals surface area (Å²) in [7, 11) is 0. The Hall–Kier alpha value is -0.160. The second-order valence-electron chi connectivity index (χ2n) is 3.79. The molecule has 0 fully saturated rings. The smallest absolute Gasteiger partial charge is 0.110 e. The number of aliphatic hydroxyl groups excluding tert-OH is 1. The molecule has 0 saturated carbocycles. The third kappa shape index (κ3) is 9.76. The third-order valence-corrected chi connectivity index (χ3v) is 1.08. The lowest BCUT2D eigenvalue weighted by Gasteiger charge is -2.18. The summed E-state index contributed by atoms with van der Waals surface area (Å²) in [6, 6.07) is 0. The van der Waals surface area contributed by atoms with Crippen LogP contribution in [0.15, 0.2) is 0 Å². The average molecular weight is 192 g/mol. The first kappa shape index (κ1) is 12.8. The third-order valence-electron chi connectivity index (χ3n) is 1.08. The summed E-state index contributed by atoms with van der Waals surface area (Å²) >= 11 is 0. The molecule has 0 aliphatic heterocycles. The highest BCUT2D eigenvalue weighted by Gasteiger charge is 2.13. The van der Waals surface area contributed by atoms with Gasteiger partial charge in [-0.25, -0.2) is 9.78 Å². The van der Waals surface area contributed by atoms with Crippen molar-refractivity contribution < 1.29 is 19.6 Å². The predicted octanol–water partition coefficient (Wildman–Crippen LogP) is 1.13. The van der Waals surface area contributed by atoms with Crippen molar-refractivity contribution in [2.45, 2.75) is 39.4 Å². The van der Waals surface area contributed by atoms with Gasteiger partial charge in [-0.1, -0.05) is 0 Å². The second-order valence-corrected chi connectivity index (χ2v) is 3.79. The maximum Gasteiger partial charge on any atom is 0.110 e. The van der Waals surface area contributed by atoms with Crippen LogP contribution in [-0.2, 0) is 14.5 Å². The number of hydrogen-bond acceptors (Lipinski definition) is 4. The predicted molar refractivity (Wildman–Crippen MR) is 49.3 cm³/mol. The van der Waals surface area contributed by atoms with E-state index in [1.54, 1.807) is 0 Å². The second kappa shape index (κ2) is 6.32. The molecular weight excluding hydrogens is 172 g/mol. The minimum Gasteiger partial charge on any atom is -0.388 e. The molecule has 1 atom stereocenters. The van der Waals surface area contributed by atoms with Gasteiger partial charge < -0.3 is 9.84 Å². The Kier molecular flexibility index (Phi) is 6.24. The minimum atomic E-state index is -0.623. The van der Waals surface area contributed by atoms with Gasteiger partial charge in [0.25, 0.3) is 0 Å². The maximum absolute atomic E-state index is 9.25. The van der Waals surface area contributed by atoms with Crippen molar-refractivity contribution in [3.63, 3.8) is 0 Å². The molecule has 80 valence electrons. The van der Waals surface area contributed by atoms with Crippen LogP contribution in [0.2, 0.25) is 0 Å². The highest BCUT2D eigenvalue weighted by Crippen LogP contribution is 2.07. The van der Waals surface area contributed by atoms with Gasteiger partial charge in [0.1, 0.15) is 12.7 Å². The molecule has 0 aromatic rings.